The molecule has 3 rings (SSSR count). The molecule has 3 aromatic carbocycles. The van der Waals surface area contributed by atoms with Crippen LogP contribution in [0.1, 0.15) is 18.9 Å². The number of hydrogen-bond acceptors (Lipinski definition) is 1. The van der Waals surface area contributed by atoms with Crippen LogP contribution in [0.15, 0.2) is 42.5 Å². The quantitative estimate of drug-likeness (QED) is 0.668. The van der Waals surface area contributed by atoms with Crippen molar-refractivity contribution >= 4 is 10.8 Å². The van der Waals surface area contributed by atoms with Gasteiger partial charge in [0, 0.05) is 10.9 Å². The number of fused-ring (bicyclic) bond motifs is 1. The Bertz CT molecular complexity index is 887. The molecule has 0 aliphatic heterocycles. The topological polar surface area (TPSA) is 20.2 Å². The highest BCUT2D eigenvalue weighted by Gasteiger charge is 2.14. The Morgan fingerprint density at radius 2 is 1.70 bits per heavy atom. The standard InChI is InChI=1S/C19H15F3O/c1-2-3-11-4-6-14(16(20)8-11)12-5-7-15-13(9-12)10-17(21)19(23)18(15)22/h4-10,23H,2-3H2,1H3. The zero-order chi connectivity index (χ0) is 16.6. The lowest BCUT2D eigenvalue weighted by Gasteiger charge is -2.09. The molecule has 4 heteroatoms. The Kier molecular flexibility index (Phi) is 3.99. The first-order chi connectivity index (χ1) is 11.0. The first-order valence-corrected chi connectivity index (χ1v) is 7.40. The number of phenolic OH excluding ortho intramolecular Hbond substituents is 1. The number of halogens is 3. The lowest BCUT2D eigenvalue weighted by molar-refractivity contribution is 0.400. The summed E-state index contributed by atoms with van der Waals surface area (Å²) in [6.07, 6.45) is 1.72. The molecular weight excluding hydrogens is 301 g/mol. The monoisotopic (exact) mass is 316 g/mol. The number of aromatic hydroxyl groups is 1. The van der Waals surface area contributed by atoms with Crippen LogP contribution in [0.25, 0.3) is 21.9 Å². The Balaban J connectivity index is 2.12. The smallest absolute Gasteiger partial charge is 0.188 e. The van der Waals surface area contributed by atoms with E-state index in [0.717, 1.165) is 24.5 Å². The van der Waals surface area contributed by atoms with Crippen molar-refractivity contribution in [1.82, 2.24) is 0 Å². The summed E-state index contributed by atoms with van der Waals surface area (Å²) in [7, 11) is 0. The predicted molar refractivity (Wildman–Crippen MR) is 84.9 cm³/mol. The van der Waals surface area contributed by atoms with Gasteiger partial charge in [0.25, 0.3) is 0 Å². The molecule has 0 aliphatic rings. The van der Waals surface area contributed by atoms with Crippen LogP contribution in [0.5, 0.6) is 5.75 Å². The van der Waals surface area contributed by atoms with Gasteiger partial charge >= 0.3 is 0 Å². The number of aryl methyl sites for hydroxylation is 1. The van der Waals surface area contributed by atoms with E-state index in [1.165, 1.54) is 18.2 Å². The van der Waals surface area contributed by atoms with E-state index in [1.54, 1.807) is 12.1 Å². The number of rotatable bonds is 3. The van der Waals surface area contributed by atoms with E-state index in [1.807, 2.05) is 13.0 Å². The summed E-state index contributed by atoms with van der Waals surface area (Å²) >= 11 is 0. The number of phenols is 1. The van der Waals surface area contributed by atoms with E-state index >= 15 is 0 Å². The van der Waals surface area contributed by atoms with Gasteiger partial charge in [-0.05, 0) is 41.1 Å². The largest absolute Gasteiger partial charge is 0.503 e. The third-order valence-electron chi connectivity index (χ3n) is 3.89. The summed E-state index contributed by atoms with van der Waals surface area (Å²) in [6.45, 7) is 2.02. The van der Waals surface area contributed by atoms with Gasteiger partial charge in [-0.15, -0.1) is 0 Å². The van der Waals surface area contributed by atoms with E-state index in [0.29, 0.717) is 11.1 Å². The maximum atomic E-state index is 14.3. The third kappa shape index (κ3) is 2.77. The second-order valence-corrected chi connectivity index (χ2v) is 5.52. The summed E-state index contributed by atoms with van der Waals surface area (Å²) in [4.78, 5) is 0. The normalized spacial score (nSPS) is 11.1. The van der Waals surface area contributed by atoms with Crippen molar-refractivity contribution in [3.8, 4) is 16.9 Å². The van der Waals surface area contributed by atoms with Crippen molar-refractivity contribution in [3.05, 3.63) is 65.5 Å². The molecule has 0 saturated heterocycles. The van der Waals surface area contributed by atoms with Crippen molar-refractivity contribution in [2.75, 3.05) is 0 Å². The van der Waals surface area contributed by atoms with Gasteiger partial charge < -0.3 is 5.11 Å². The summed E-state index contributed by atoms with van der Waals surface area (Å²) < 4.78 is 41.6. The van der Waals surface area contributed by atoms with Crippen molar-refractivity contribution < 1.29 is 18.3 Å². The molecule has 0 bridgehead atoms. The van der Waals surface area contributed by atoms with E-state index in [-0.39, 0.29) is 16.6 Å². The minimum atomic E-state index is -1.04. The molecule has 0 aromatic heterocycles. The molecule has 0 atom stereocenters. The molecule has 0 heterocycles. The maximum Gasteiger partial charge on any atom is 0.188 e. The zero-order valence-corrected chi connectivity index (χ0v) is 12.5. The van der Waals surface area contributed by atoms with Gasteiger partial charge in [-0.3, -0.25) is 0 Å². The molecule has 0 saturated carbocycles. The van der Waals surface area contributed by atoms with Crippen LogP contribution < -0.4 is 0 Å². The van der Waals surface area contributed by atoms with Crippen molar-refractivity contribution in [3.63, 3.8) is 0 Å². The van der Waals surface area contributed by atoms with Gasteiger partial charge in [-0.25, -0.2) is 13.2 Å². The van der Waals surface area contributed by atoms with Crippen LogP contribution in [0.3, 0.4) is 0 Å². The van der Waals surface area contributed by atoms with E-state index in [9.17, 15) is 18.3 Å². The number of hydrogen-bond donors (Lipinski definition) is 1. The number of benzene rings is 3. The third-order valence-corrected chi connectivity index (χ3v) is 3.89. The highest BCUT2D eigenvalue weighted by Crippen LogP contribution is 2.32. The second-order valence-electron chi connectivity index (χ2n) is 5.52. The molecule has 0 fully saturated rings. The van der Waals surface area contributed by atoms with Gasteiger partial charge in [0.15, 0.2) is 17.4 Å². The first-order valence-electron chi connectivity index (χ1n) is 7.40. The van der Waals surface area contributed by atoms with Gasteiger partial charge in [0.2, 0.25) is 0 Å². The van der Waals surface area contributed by atoms with Gasteiger partial charge in [0.05, 0.1) is 0 Å². The molecule has 23 heavy (non-hydrogen) atoms. The summed E-state index contributed by atoms with van der Waals surface area (Å²) in [5, 5.41) is 9.67. The van der Waals surface area contributed by atoms with Gasteiger partial charge in [-0.1, -0.05) is 37.6 Å². The molecule has 118 valence electrons. The fourth-order valence-corrected chi connectivity index (χ4v) is 2.72. The first kappa shape index (κ1) is 15.4. The average Bonchev–Trinajstić information content (AvgIpc) is 2.53. The molecular formula is C19H15F3O. The molecule has 0 spiro atoms. The molecule has 1 nitrogen and oxygen atoms in total. The van der Waals surface area contributed by atoms with Crippen LogP contribution in [-0.4, -0.2) is 5.11 Å². The second kappa shape index (κ2) is 5.95. The Morgan fingerprint density at radius 1 is 0.913 bits per heavy atom. The van der Waals surface area contributed by atoms with Crippen LogP contribution in [0.2, 0.25) is 0 Å². The van der Waals surface area contributed by atoms with Crippen molar-refractivity contribution in [1.29, 1.82) is 0 Å². The lowest BCUT2D eigenvalue weighted by Crippen LogP contribution is -1.91. The molecule has 0 aliphatic carbocycles. The summed E-state index contributed by atoms with van der Waals surface area (Å²) in [5.41, 5.74) is 1.82. The molecule has 1 N–H and O–H groups in total. The minimum Gasteiger partial charge on any atom is -0.503 e. The van der Waals surface area contributed by atoms with Crippen molar-refractivity contribution in [2.45, 2.75) is 19.8 Å². The summed E-state index contributed by atoms with van der Waals surface area (Å²) in [6, 6.07) is 10.5. The zero-order valence-electron chi connectivity index (χ0n) is 12.5. The molecule has 0 radical (unpaired) electrons. The van der Waals surface area contributed by atoms with E-state index in [2.05, 4.69) is 0 Å². The van der Waals surface area contributed by atoms with Crippen LogP contribution in [0.4, 0.5) is 13.2 Å². The highest BCUT2D eigenvalue weighted by molar-refractivity contribution is 5.89. The van der Waals surface area contributed by atoms with Crippen LogP contribution in [-0.2, 0) is 6.42 Å². The van der Waals surface area contributed by atoms with Crippen molar-refractivity contribution in [2.24, 2.45) is 0 Å². The average molecular weight is 316 g/mol. The Labute approximate surface area is 132 Å². The van der Waals surface area contributed by atoms with E-state index in [4.69, 9.17) is 0 Å². The van der Waals surface area contributed by atoms with Crippen LogP contribution in [0, 0.1) is 17.5 Å². The van der Waals surface area contributed by atoms with Crippen LogP contribution >= 0.6 is 0 Å². The molecule has 0 unspecified atom stereocenters. The lowest BCUT2D eigenvalue weighted by atomic mass is 9.98. The van der Waals surface area contributed by atoms with E-state index < -0.39 is 17.4 Å². The van der Waals surface area contributed by atoms with Gasteiger partial charge in [-0.2, -0.15) is 0 Å². The molecule has 0 amide bonds. The van der Waals surface area contributed by atoms with Gasteiger partial charge in [0.1, 0.15) is 5.82 Å². The molecule has 3 aromatic rings. The summed E-state index contributed by atoms with van der Waals surface area (Å²) in [5.74, 6) is -3.41. The predicted octanol–water partition coefficient (Wildman–Crippen LogP) is 5.58. The Morgan fingerprint density at radius 3 is 2.39 bits per heavy atom. The fraction of sp³-hybridized carbons (Fsp3) is 0.158. The minimum absolute atomic E-state index is 0.0932. The maximum absolute atomic E-state index is 14.3. The SMILES string of the molecule is CCCc1ccc(-c2ccc3c(F)c(O)c(F)cc3c2)c(F)c1. The Hall–Kier alpha value is -2.49. The highest BCUT2D eigenvalue weighted by atomic mass is 19.1. The fourth-order valence-electron chi connectivity index (χ4n) is 2.72.